The van der Waals surface area contributed by atoms with Crippen LogP contribution < -0.4 is 15.8 Å². The van der Waals surface area contributed by atoms with Gasteiger partial charge in [0.1, 0.15) is 30.3 Å². The van der Waals surface area contributed by atoms with Crippen molar-refractivity contribution in [1.29, 1.82) is 0 Å². The van der Waals surface area contributed by atoms with Crippen LogP contribution in [0.4, 0.5) is 11.5 Å². The molecule has 1 aliphatic rings. The molecule has 36 heavy (non-hydrogen) atoms. The van der Waals surface area contributed by atoms with Crippen LogP contribution in [0.2, 0.25) is 0 Å². The van der Waals surface area contributed by atoms with Crippen molar-refractivity contribution in [3.8, 4) is 22.9 Å². The van der Waals surface area contributed by atoms with E-state index in [4.69, 9.17) is 20.2 Å². The number of rotatable bonds is 4. The molecule has 0 unspecified atom stereocenters. The summed E-state index contributed by atoms with van der Waals surface area (Å²) in [5.41, 5.74) is 10.2. The lowest BCUT2D eigenvalue weighted by Crippen LogP contribution is -2.17. The van der Waals surface area contributed by atoms with Gasteiger partial charge >= 0.3 is 0 Å². The smallest absolute Gasteiger partial charge is 0.289 e. The minimum absolute atomic E-state index is 0.236. The predicted octanol–water partition coefficient (Wildman–Crippen LogP) is 4.60. The molecular weight excluding hydrogens is 456 g/mol. The van der Waals surface area contributed by atoms with Gasteiger partial charge in [0.2, 0.25) is 0 Å². The summed E-state index contributed by atoms with van der Waals surface area (Å²) >= 11 is 0. The average molecular weight is 481 g/mol. The molecular formula is C26H24N8O2. The molecule has 5 aromatic rings. The number of aliphatic imine (C=N–C) groups is 1. The Morgan fingerprint density at radius 3 is 2.78 bits per heavy atom. The van der Waals surface area contributed by atoms with Gasteiger partial charge < -0.3 is 20.5 Å². The molecule has 2 aromatic carbocycles. The minimum atomic E-state index is -0.236. The second-order valence-corrected chi connectivity index (χ2v) is 9.32. The van der Waals surface area contributed by atoms with Gasteiger partial charge in [0, 0.05) is 28.9 Å². The maximum atomic E-state index is 6.34. The number of ether oxygens (including phenoxy) is 2. The van der Waals surface area contributed by atoms with Gasteiger partial charge in [-0.15, -0.1) is 0 Å². The van der Waals surface area contributed by atoms with Gasteiger partial charge in [0.15, 0.2) is 11.5 Å². The number of aryl methyl sites for hydroxylation is 1. The summed E-state index contributed by atoms with van der Waals surface area (Å²) in [5, 5.41) is 8.05. The van der Waals surface area contributed by atoms with E-state index in [-0.39, 0.29) is 5.54 Å². The Kier molecular flexibility index (Phi) is 4.96. The van der Waals surface area contributed by atoms with Crippen LogP contribution in [0.5, 0.6) is 11.5 Å². The topological polar surface area (TPSA) is 125 Å². The average Bonchev–Trinajstić information content (AvgIpc) is 3.45. The van der Waals surface area contributed by atoms with Gasteiger partial charge in [0.25, 0.3) is 6.02 Å². The van der Waals surface area contributed by atoms with Crippen molar-refractivity contribution in [2.75, 3.05) is 17.7 Å². The number of pyridine rings is 1. The normalized spacial score (nSPS) is 14.6. The van der Waals surface area contributed by atoms with E-state index in [9.17, 15) is 0 Å². The van der Waals surface area contributed by atoms with Crippen LogP contribution >= 0.6 is 0 Å². The highest BCUT2D eigenvalue weighted by atomic mass is 16.5. The zero-order chi connectivity index (χ0) is 24.9. The summed E-state index contributed by atoms with van der Waals surface area (Å²) < 4.78 is 13.4. The lowest BCUT2D eigenvalue weighted by Gasteiger charge is -2.12. The fraction of sp³-hybridized carbons (Fsp3) is 0.192. The second-order valence-electron chi connectivity index (χ2n) is 9.32. The highest BCUT2D eigenvalue weighted by Gasteiger charge is 2.26. The fourth-order valence-corrected chi connectivity index (χ4v) is 4.02. The first-order valence-electron chi connectivity index (χ1n) is 11.5. The number of nitrogens with one attached hydrogen (secondary N) is 1. The molecule has 0 amide bonds. The molecule has 6 rings (SSSR count). The van der Waals surface area contributed by atoms with Crippen LogP contribution in [0.3, 0.4) is 0 Å². The van der Waals surface area contributed by atoms with Crippen molar-refractivity contribution < 1.29 is 9.47 Å². The van der Waals surface area contributed by atoms with Crippen LogP contribution in [-0.4, -0.2) is 42.7 Å². The first-order valence-corrected chi connectivity index (χ1v) is 11.5. The summed E-state index contributed by atoms with van der Waals surface area (Å²) in [6.45, 7) is 6.56. The van der Waals surface area contributed by atoms with Crippen molar-refractivity contribution in [3.63, 3.8) is 0 Å². The number of fused-ring (bicyclic) bond motifs is 2. The van der Waals surface area contributed by atoms with E-state index in [1.165, 1.54) is 6.33 Å². The van der Waals surface area contributed by atoms with Crippen LogP contribution in [0, 0.1) is 6.92 Å². The van der Waals surface area contributed by atoms with Crippen molar-refractivity contribution in [1.82, 2.24) is 24.6 Å². The third-order valence-electron chi connectivity index (χ3n) is 5.86. The van der Waals surface area contributed by atoms with Gasteiger partial charge in [-0.25, -0.2) is 24.5 Å². The third kappa shape index (κ3) is 4.13. The van der Waals surface area contributed by atoms with E-state index < -0.39 is 0 Å². The fourth-order valence-electron chi connectivity index (χ4n) is 4.02. The molecule has 0 spiro atoms. The molecule has 0 aliphatic carbocycles. The Hall–Kier alpha value is -4.73. The van der Waals surface area contributed by atoms with Crippen LogP contribution in [0.15, 0.2) is 66.0 Å². The largest absolute Gasteiger partial charge is 0.462 e. The number of nitrogen functional groups attached to an aromatic ring is 1. The number of nitrogens with two attached hydrogens (primary N) is 1. The minimum Gasteiger partial charge on any atom is -0.462 e. The number of hydrogen-bond donors (Lipinski definition) is 2. The molecule has 3 N–H and O–H groups in total. The molecule has 0 radical (unpaired) electrons. The zero-order valence-corrected chi connectivity index (χ0v) is 20.1. The molecule has 10 nitrogen and oxygen atoms in total. The summed E-state index contributed by atoms with van der Waals surface area (Å²) in [7, 11) is 0. The molecule has 10 heteroatoms. The van der Waals surface area contributed by atoms with Gasteiger partial charge in [-0.05, 0) is 68.8 Å². The number of aromatic nitrogens is 5. The van der Waals surface area contributed by atoms with Crippen molar-refractivity contribution in [2.45, 2.75) is 26.3 Å². The molecule has 0 fully saturated rings. The maximum absolute atomic E-state index is 6.34. The zero-order valence-electron chi connectivity index (χ0n) is 20.1. The Balaban J connectivity index is 1.26. The Morgan fingerprint density at radius 1 is 1.08 bits per heavy atom. The molecule has 0 atom stereocenters. The molecule has 0 saturated carbocycles. The maximum Gasteiger partial charge on any atom is 0.289 e. The Labute approximate surface area is 206 Å². The van der Waals surface area contributed by atoms with Crippen LogP contribution in [0.25, 0.3) is 27.9 Å². The second kappa shape index (κ2) is 8.19. The van der Waals surface area contributed by atoms with Gasteiger partial charge in [-0.1, -0.05) is 0 Å². The van der Waals surface area contributed by atoms with Crippen LogP contribution in [-0.2, 0) is 4.74 Å². The van der Waals surface area contributed by atoms with E-state index in [0.717, 1.165) is 33.5 Å². The van der Waals surface area contributed by atoms with E-state index in [2.05, 4.69) is 25.4 Å². The lowest BCUT2D eigenvalue weighted by molar-refractivity contribution is 0.278. The lowest BCUT2D eigenvalue weighted by atomic mass is 10.1. The standard InChI is InChI=1S/C26H24N8O2/c1-15-10-16(4-7-21(15)36-18-8-9-34-22(12-18)28-14-29-34)24-31-20-6-5-17(11-19(20)23(27)32-24)30-25-33-26(2,3)13-35-25/h4-12,14H,13H2,1-3H3,(H,30,33)(H2,27,31,32). The molecule has 180 valence electrons. The molecule has 0 bridgehead atoms. The number of anilines is 2. The number of benzene rings is 2. The Bertz CT molecular complexity index is 1660. The van der Waals surface area contributed by atoms with Crippen molar-refractivity contribution in [2.24, 2.45) is 4.99 Å². The number of nitrogens with zero attached hydrogens (tertiary/aromatic N) is 6. The summed E-state index contributed by atoms with van der Waals surface area (Å²) in [5.74, 6) is 2.35. The highest BCUT2D eigenvalue weighted by molar-refractivity contribution is 5.96. The van der Waals surface area contributed by atoms with Crippen molar-refractivity contribution >= 4 is 34.1 Å². The number of amidine groups is 1. The van der Waals surface area contributed by atoms with Gasteiger partial charge in [-0.2, -0.15) is 5.10 Å². The molecule has 0 saturated heterocycles. The Morgan fingerprint density at radius 2 is 1.97 bits per heavy atom. The SMILES string of the molecule is Cc1cc(-c2nc(N)c3cc(NC4=NC(C)(C)CO4)ccc3n2)ccc1Oc1ccn2ncnc2c1. The number of hydrogen-bond acceptors (Lipinski definition) is 9. The van der Waals surface area contributed by atoms with Gasteiger partial charge in [0.05, 0.1) is 11.1 Å². The molecule has 3 aromatic heterocycles. The predicted molar refractivity (Wildman–Crippen MR) is 138 cm³/mol. The first kappa shape index (κ1) is 21.8. The quantitative estimate of drug-likeness (QED) is 0.382. The van der Waals surface area contributed by atoms with E-state index >= 15 is 0 Å². The van der Waals surface area contributed by atoms with Gasteiger partial charge in [-0.3, -0.25) is 0 Å². The molecule has 4 heterocycles. The van der Waals surface area contributed by atoms with E-state index in [1.807, 2.05) is 75.5 Å². The van der Waals surface area contributed by atoms with Crippen LogP contribution in [0.1, 0.15) is 19.4 Å². The van der Waals surface area contributed by atoms with E-state index in [1.54, 1.807) is 4.52 Å². The third-order valence-corrected chi connectivity index (χ3v) is 5.86. The highest BCUT2D eigenvalue weighted by Crippen LogP contribution is 2.31. The van der Waals surface area contributed by atoms with Crippen molar-refractivity contribution in [3.05, 3.63) is 66.6 Å². The van der Waals surface area contributed by atoms with E-state index in [0.29, 0.717) is 35.7 Å². The summed E-state index contributed by atoms with van der Waals surface area (Å²) in [6, 6.07) is 15.7. The summed E-state index contributed by atoms with van der Waals surface area (Å²) in [4.78, 5) is 18.0. The monoisotopic (exact) mass is 480 g/mol. The first-order chi connectivity index (χ1) is 17.3. The molecule has 1 aliphatic heterocycles. The summed E-state index contributed by atoms with van der Waals surface area (Å²) in [6.07, 6.45) is 3.31.